The topological polar surface area (TPSA) is 75.3 Å². The smallest absolute Gasteiger partial charge is 0.261 e. The molecule has 0 saturated carbocycles. The number of rotatable bonds is 7. The predicted molar refractivity (Wildman–Crippen MR) is 137 cm³/mol. The van der Waals surface area contributed by atoms with Crippen LogP contribution in [0, 0.1) is 6.92 Å². The molecule has 5 nitrogen and oxygen atoms in total. The summed E-state index contributed by atoms with van der Waals surface area (Å²) in [7, 11) is -3.79. The maximum Gasteiger partial charge on any atom is 0.261 e. The van der Waals surface area contributed by atoms with Gasteiger partial charge in [-0.05, 0) is 86.1 Å². The fourth-order valence-corrected chi connectivity index (χ4v) is 5.57. The summed E-state index contributed by atoms with van der Waals surface area (Å²) in [6, 6.07) is 17.4. The molecule has 1 aliphatic carbocycles. The van der Waals surface area contributed by atoms with Gasteiger partial charge in [-0.3, -0.25) is 9.52 Å². The summed E-state index contributed by atoms with van der Waals surface area (Å²) in [6.45, 7) is 3.92. The number of carbonyl (C=O) groups is 1. The zero-order chi connectivity index (χ0) is 24.3. The van der Waals surface area contributed by atoms with Crippen molar-refractivity contribution in [2.45, 2.75) is 56.9 Å². The first-order chi connectivity index (χ1) is 16.3. The molecule has 0 bridgehead atoms. The van der Waals surface area contributed by atoms with Gasteiger partial charge in [0.05, 0.1) is 21.5 Å². The van der Waals surface area contributed by atoms with Crippen LogP contribution in [0.25, 0.3) is 0 Å². The number of carbonyl (C=O) groups excluding carboxylic acids is 1. The maximum absolute atomic E-state index is 13.1. The summed E-state index contributed by atoms with van der Waals surface area (Å²) in [5.41, 5.74) is 5.30. The van der Waals surface area contributed by atoms with Gasteiger partial charge in [0, 0.05) is 5.69 Å². The predicted octanol–water partition coefficient (Wildman–Crippen LogP) is 6.21. The highest BCUT2D eigenvalue weighted by Gasteiger charge is 2.20. The van der Waals surface area contributed by atoms with Gasteiger partial charge in [-0.25, -0.2) is 8.42 Å². The van der Waals surface area contributed by atoms with Crippen LogP contribution in [0.5, 0.6) is 0 Å². The molecule has 0 saturated heterocycles. The molecule has 178 valence electrons. The van der Waals surface area contributed by atoms with Crippen LogP contribution < -0.4 is 10.0 Å². The number of amides is 1. The Bertz CT molecular complexity index is 1300. The van der Waals surface area contributed by atoms with Crippen molar-refractivity contribution in [3.8, 4) is 0 Å². The van der Waals surface area contributed by atoms with E-state index in [-0.39, 0.29) is 33.1 Å². The van der Waals surface area contributed by atoms with Crippen LogP contribution in [0.1, 0.15) is 64.8 Å². The van der Waals surface area contributed by atoms with Gasteiger partial charge in [0.15, 0.2) is 0 Å². The van der Waals surface area contributed by atoms with Crippen LogP contribution in [0.4, 0.5) is 5.69 Å². The lowest BCUT2D eigenvalue weighted by atomic mass is 9.88. The zero-order valence-corrected chi connectivity index (χ0v) is 21.0. The lowest BCUT2D eigenvalue weighted by Crippen LogP contribution is -2.28. The van der Waals surface area contributed by atoms with Crippen molar-refractivity contribution in [1.29, 1.82) is 0 Å². The monoisotopic (exact) mass is 496 g/mol. The minimum Gasteiger partial charge on any atom is -0.345 e. The van der Waals surface area contributed by atoms with Crippen LogP contribution in [0.3, 0.4) is 0 Å². The van der Waals surface area contributed by atoms with Crippen molar-refractivity contribution in [3.63, 3.8) is 0 Å². The largest absolute Gasteiger partial charge is 0.345 e. The fourth-order valence-electron chi connectivity index (χ4n) is 4.32. The fraction of sp³-hybridized carbons (Fsp3) is 0.296. The van der Waals surface area contributed by atoms with Crippen LogP contribution in [0.15, 0.2) is 65.6 Å². The third kappa shape index (κ3) is 5.45. The summed E-state index contributed by atoms with van der Waals surface area (Å²) < 4.78 is 28.1. The Balaban J connectivity index is 1.54. The number of hydrogen-bond donors (Lipinski definition) is 2. The van der Waals surface area contributed by atoms with Crippen molar-refractivity contribution in [1.82, 2.24) is 5.32 Å². The van der Waals surface area contributed by atoms with E-state index in [1.807, 2.05) is 13.8 Å². The lowest BCUT2D eigenvalue weighted by molar-refractivity contribution is 0.0935. The Hall–Kier alpha value is -2.83. The minimum atomic E-state index is -3.79. The molecule has 0 aromatic heterocycles. The van der Waals surface area contributed by atoms with Crippen molar-refractivity contribution in [2.75, 3.05) is 4.72 Å². The van der Waals surface area contributed by atoms with Gasteiger partial charge in [-0.2, -0.15) is 0 Å². The number of aryl methyl sites for hydroxylation is 3. The van der Waals surface area contributed by atoms with Crippen molar-refractivity contribution in [2.24, 2.45) is 0 Å². The second-order valence-electron chi connectivity index (χ2n) is 8.78. The molecular formula is C27H29ClN2O3S. The van der Waals surface area contributed by atoms with E-state index in [2.05, 4.69) is 28.2 Å². The standard InChI is InChI=1S/C27H29ClN2O3S/c1-3-26(21-11-10-19-6-4-5-7-20(19)16-21)29-27(31)24-17-22(12-15-25(24)28)30-34(32,33)23-13-8-18(2)9-14-23/h8-17,26,30H,3-7H2,1-2H3,(H,29,31)/t26-/m0/s1. The van der Waals surface area contributed by atoms with Gasteiger partial charge in [-0.1, -0.05) is 54.4 Å². The van der Waals surface area contributed by atoms with E-state index < -0.39 is 10.0 Å². The van der Waals surface area contributed by atoms with Gasteiger partial charge in [0.2, 0.25) is 0 Å². The molecule has 0 heterocycles. The van der Waals surface area contributed by atoms with Crippen molar-refractivity contribution in [3.05, 3.63) is 93.5 Å². The summed E-state index contributed by atoms with van der Waals surface area (Å²) in [5, 5.41) is 3.33. The molecule has 0 radical (unpaired) electrons. The molecule has 3 aromatic carbocycles. The zero-order valence-electron chi connectivity index (χ0n) is 19.4. The van der Waals surface area contributed by atoms with E-state index in [0.717, 1.165) is 30.4 Å². The number of halogens is 1. The third-order valence-electron chi connectivity index (χ3n) is 6.28. The SMILES string of the molecule is CC[C@H](NC(=O)c1cc(NS(=O)(=O)c2ccc(C)cc2)ccc1Cl)c1ccc2c(c1)CCCC2. The Morgan fingerprint density at radius 3 is 2.38 bits per heavy atom. The molecule has 7 heteroatoms. The van der Waals surface area contributed by atoms with Crippen LogP contribution >= 0.6 is 11.6 Å². The number of fused-ring (bicyclic) bond motifs is 1. The van der Waals surface area contributed by atoms with E-state index in [9.17, 15) is 13.2 Å². The highest BCUT2D eigenvalue weighted by Crippen LogP contribution is 2.28. The van der Waals surface area contributed by atoms with Gasteiger partial charge in [0.25, 0.3) is 15.9 Å². The number of hydrogen-bond acceptors (Lipinski definition) is 3. The van der Waals surface area contributed by atoms with E-state index >= 15 is 0 Å². The van der Waals surface area contributed by atoms with E-state index in [1.54, 1.807) is 30.3 Å². The Morgan fingerprint density at radius 2 is 1.68 bits per heavy atom. The van der Waals surface area contributed by atoms with E-state index in [1.165, 1.54) is 36.1 Å². The second kappa shape index (κ2) is 10.2. The second-order valence-corrected chi connectivity index (χ2v) is 10.9. The molecule has 0 fully saturated rings. The van der Waals surface area contributed by atoms with Crippen molar-refractivity contribution >= 4 is 33.2 Å². The number of benzene rings is 3. The maximum atomic E-state index is 13.1. The van der Waals surface area contributed by atoms with Gasteiger partial charge in [0.1, 0.15) is 0 Å². The highest BCUT2D eigenvalue weighted by atomic mass is 35.5. The average Bonchev–Trinajstić information content (AvgIpc) is 2.83. The molecule has 0 spiro atoms. The number of nitrogens with one attached hydrogen (secondary N) is 2. The molecule has 2 N–H and O–H groups in total. The van der Waals surface area contributed by atoms with Gasteiger partial charge < -0.3 is 5.32 Å². The van der Waals surface area contributed by atoms with E-state index in [0.29, 0.717) is 0 Å². The Morgan fingerprint density at radius 1 is 0.971 bits per heavy atom. The first-order valence-electron chi connectivity index (χ1n) is 11.6. The minimum absolute atomic E-state index is 0.150. The molecule has 1 atom stereocenters. The normalized spacial score (nSPS) is 14.2. The average molecular weight is 497 g/mol. The molecule has 0 aliphatic heterocycles. The van der Waals surface area contributed by atoms with Crippen LogP contribution in [0.2, 0.25) is 5.02 Å². The number of anilines is 1. The van der Waals surface area contributed by atoms with Gasteiger partial charge >= 0.3 is 0 Å². The van der Waals surface area contributed by atoms with Crippen LogP contribution in [-0.2, 0) is 22.9 Å². The lowest BCUT2D eigenvalue weighted by Gasteiger charge is -2.22. The molecule has 4 rings (SSSR count). The molecule has 34 heavy (non-hydrogen) atoms. The molecular weight excluding hydrogens is 468 g/mol. The van der Waals surface area contributed by atoms with Crippen molar-refractivity contribution < 1.29 is 13.2 Å². The Kier molecular flexibility index (Phi) is 7.29. The molecule has 1 aliphatic rings. The molecule has 1 amide bonds. The first-order valence-corrected chi connectivity index (χ1v) is 13.4. The highest BCUT2D eigenvalue weighted by molar-refractivity contribution is 7.92. The summed E-state index contributed by atoms with van der Waals surface area (Å²) in [5.74, 6) is -0.342. The molecule has 3 aromatic rings. The van der Waals surface area contributed by atoms with Gasteiger partial charge in [-0.15, -0.1) is 0 Å². The summed E-state index contributed by atoms with van der Waals surface area (Å²) in [6.07, 6.45) is 5.33. The molecule has 0 unspecified atom stereocenters. The Labute approximate surface area is 206 Å². The first kappa shape index (κ1) is 24.3. The van der Waals surface area contributed by atoms with E-state index in [4.69, 9.17) is 11.6 Å². The number of sulfonamides is 1. The quantitative estimate of drug-likeness (QED) is 0.408. The summed E-state index contributed by atoms with van der Waals surface area (Å²) in [4.78, 5) is 13.3. The summed E-state index contributed by atoms with van der Waals surface area (Å²) >= 11 is 6.33. The van der Waals surface area contributed by atoms with Crippen LogP contribution in [-0.4, -0.2) is 14.3 Å². The third-order valence-corrected chi connectivity index (χ3v) is 8.01.